The molecular weight excluding hydrogens is 344 g/mol. The standard InChI is InChI=1S/C25H34N2O/c1-3-5-6-10-22-15-16-25(24(19-27)23(22)18-26)28-17-7-9-21-13-11-20(8-4-2)12-14-21/h7,9,15-16,20-21H,3-6,8,10-14,17H2,1-2H3/b9-7+/t20-,21-. The zero-order chi connectivity index (χ0) is 20.2. The molecule has 0 bridgehead atoms. The second kappa shape index (κ2) is 12.2. The predicted molar refractivity (Wildman–Crippen MR) is 114 cm³/mol. The fourth-order valence-corrected chi connectivity index (χ4v) is 4.22. The van der Waals surface area contributed by atoms with Crippen LogP contribution in [0.4, 0.5) is 0 Å². The Labute approximate surface area is 171 Å². The first-order valence-corrected chi connectivity index (χ1v) is 11.0. The van der Waals surface area contributed by atoms with Crippen molar-refractivity contribution < 1.29 is 4.74 Å². The first kappa shape index (κ1) is 22.0. The summed E-state index contributed by atoms with van der Waals surface area (Å²) < 4.78 is 5.84. The van der Waals surface area contributed by atoms with Crippen LogP contribution in [0.3, 0.4) is 0 Å². The molecule has 0 unspecified atom stereocenters. The van der Waals surface area contributed by atoms with Crippen LogP contribution in [-0.4, -0.2) is 6.61 Å². The topological polar surface area (TPSA) is 56.8 Å². The van der Waals surface area contributed by atoms with Gasteiger partial charge < -0.3 is 4.74 Å². The summed E-state index contributed by atoms with van der Waals surface area (Å²) in [6.07, 6.45) is 16.4. The van der Waals surface area contributed by atoms with Crippen molar-refractivity contribution in [3.05, 3.63) is 41.0 Å². The van der Waals surface area contributed by atoms with E-state index in [1.807, 2.05) is 12.1 Å². The van der Waals surface area contributed by atoms with Crippen LogP contribution in [0.2, 0.25) is 0 Å². The lowest BCUT2D eigenvalue weighted by molar-refractivity contribution is 0.292. The van der Waals surface area contributed by atoms with E-state index < -0.39 is 0 Å². The molecule has 1 aromatic carbocycles. The van der Waals surface area contributed by atoms with Gasteiger partial charge in [-0.15, -0.1) is 0 Å². The van der Waals surface area contributed by atoms with E-state index in [1.165, 1.54) is 38.5 Å². The zero-order valence-electron chi connectivity index (χ0n) is 17.5. The largest absolute Gasteiger partial charge is 0.488 e. The van der Waals surface area contributed by atoms with Crippen molar-refractivity contribution in [1.29, 1.82) is 10.5 Å². The summed E-state index contributed by atoms with van der Waals surface area (Å²) in [5, 5.41) is 19.1. The van der Waals surface area contributed by atoms with Crippen molar-refractivity contribution in [1.82, 2.24) is 0 Å². The molecule has 1 aromatic rings. The summed E-state index contributed by atoms with van der Waals surface area (Å²) in [6, 6.07) is 8.20. The van der Waals surface area contributed by atoms with Crippen molar-refractivity contribution in [2.45, 2.75) is 78.1 Å². The third-order valence-electron chi connectivity index (χ3n) is 5.86. The summed E-state index contributed by atoms with van der Waals surface area (Å²) >= 11 is 0. The fourth-order valence-electron chi connectivity index (χ4n) is 4.22. The second-order valence-corrected chi connectivity index (χ2v) is 7.96. The minimum absolute atomic E-state index is 0.380. The van der Waals surface area contributed by atoms with Gasteiger partial charge in [-0.2, -0.15) is 10.5 Å². The Kier molecular flexibility index (Phi) is 9.64. The molecule has 3 heteroatoms. The highest BCUT2D eigenvalue weighted by Crippen LogP contribution is 2.32. The average Bonchev–Trinajstić information content (AvgIpc) is 2.72. The van der Waals surface area contributed by atoms with E-state index in [0.717, 1.165) is 37.2 Å². The molecule has 0 saturated heterocycles. The van der Waals surface area contributed by atoms with Crippen LogP contribution in [0.5, 0.6) is 5.75 Å². The maximum Gasteiger partial charge on any atom is 0.138 e. The lowest BCUT2D eigenvalue weighted by Gasteiger charge is -2.26. The van der Waals surface area contributed by atoms with Crippen LogP contribution in [0.15, 0.2) is 24.3 Å². The highest BCUT2D eigenvalue weighted by atomic mass is 16.5. The van der Waals surface area contributed by atoms with Gasteiger partial charge in [-0.25, -0.2) is 0 Å². The summed E-state index contributed by atoms with van der Waals surface area (Å²) in [4.78, 5) is 0. The van der Waals surface area contributed by atoms with Crippen LogP contribution in [0, 0.1) is 34.5 Å². The van der Waals surface area contributed by atoms with Crippen molar-refractivity contribution in [2.75, 3.05) is 6.61 Å². The molecule has 28 heavy (non-hydrogen) atoms. The summed E-state index contributed by atoms with van der Waals surface area (Å²) in [5.41, 5.74) is 1.82. The van der Waals surface area contributed by atoms with Crippen LogP contribution in [0.25, 0.3) is 0 Å². The summed E-state index contributed by atoms with van der Waals surface area (Å²) in [7, 11) is 0. The van der Waals surface area contributed by atoms with Gasteiger partial charge in [0.1, 0.15) is 30.1 Å². The number of hydrogen-bond acceptors (Lipinski definition) is 3. The molecule has 0 radical (unpaired) electrons. The van der Waals surface area contributed by atoms with E-state index in [4.69, 9.17) is 4.74 Å². The van der Waals surface area contributed by atoms with Gasteiger partial charge in [0.15, 0.2) is 0 Å². The molecule has 0 atom stereocenters. The minimum atomic E-state index is 0.380. The summed E-state index contributed by atoms with van der Waals surface area (Å²) in [6.45, 7) is 4.88. The molecule has 3 nitrogen and oxygen atoms in total. The van der Waals surface area contributed by atoms with Crippen LogP contribution in [-0.2, 0) is 6.42 Å². The molecule has 1 saturated carbocycles. The molecule has 0 amide bonds. The van der Waals surface area contributed by atoms with Gasteiger partial charge in [0, 0.05) is 0 Å². The molecule has 1 aliphatic carbocycles. The number of ether oxygens (including phenoxy) is 1. The maximum absolute atomic E-state index is 9.56. The Balaban J connectivity index is 1.92. The van der Waals surface area contributed by atoms with Crippen molar-refractivity contribution in [2.24, 2.45) is 11.8 Å². The molecule has 0 aliphatic heterocycles. The Morgan fingerprint density at radius 3 is 2.39 bits per heavy atom. The number of benzene rings is 1. The smallest absolute Gasteiger partial charge is 0.138 e. The first-order chi connectivity index (χ1) is 13.7. The lowest BCUT2D eigenvalue weighted by atomic mass is 9.80. The van der Waals surface area contributed by atoms with Crippen molar-refractivity contribution in [3.63, 3.8) is 0 Å². The van der Waals surface area contributed by atoms with Gasteiger partial charge in [0.25, 0.3) is 0 Å². The van der Waals surface area contributed by atoms with Gasteiger partial charge >= 0.3 is 0 Å². The van der Waals surface area contributed by atoms with E-state index in [1.54, 1.807) is 0 Å². The fraction of sp³-hybridized carbons (Fsp3) is 0.600. The molecule has 0 N–H and O–H groups in total. The quantitative estimate of drug-likeness (QED) is 0.336. The monoisotopic (exact) mass is 378 g/mol. The highest BCUT2D eigenvalue weighted by Gasteiger charge is 2.18. The second-order valence-electron chi connectivity index (χ2n) is 7.96. The summed E-state index contributed by atoms with van der Waals surface area (Å²) in [5.74, 6) is 2.10. The van der Waals surface area contributed by atoms with Crippen LogP contribution < -0.4 is 4.74 Å². The molecule has 150 valence electrons. The first-order valence-electron chi connectivity index (χ1n) is 11.0. The molecule has 0 spiro atoms. The lowest BCUT2D eigenvalue weighted by Crippen LogP contribution is -2.13. The Hall–Kier alpha value is -2.26. The van der Waals surface area contributed by atoms with E-state index in [9.17, 15) is 10.5 Å². The van der Waals surface area contributed by atoms with E-state index in [-0.39, 0.29) is 0 Å². The third kappa shape index (κ3) is 6.42. The number of nitriles is 2. The molecular formula is C25H34N2O. The van der Waals surface area contributed by atoms with Crippen molar-refractivity contribution in [3.8, 4) is 17.9 Å². The number of unbranched alkanes of at least 4 members (excludes halogenated alkanes) is 2. The number of aryl methyl sites for hydroxylation is 1. The number of rotatable bonds is 10. The number of nitrogens with zero attached hydrogens (tertiary/aromatic N) is 2. The van der Waals surface area contributed by atoms with Crippen LogP contribution in [0.1, 0.15) is 88.3 Å². The Morgan fingerprint density at radius 2 is 1.75 bits per heavy atom. The van der Waals surface area contributed by atoms with Gasteiger partial charge in [-0.05, 0) is 62.0 Å². The number of allylic oxidation sites excluding steroid dienone is 1. The molecule has 1 aliphatic rings. The predicted octanol–water partition coefficient (Wildman–Crippen LogP) is 6.70. The third-order valence-corrected chi connectivity index (χ3v) is 5.86. The van der Waals surface area contributed by atoms with Gasteiger partial charge in [-0.3, -0.25) is 0 Å². The normalized spacial score (nSPS) is 19.3. The van der Waals surface area contributed by atoms with E-state index in [2.05, 4.69) is 38.1 Å². The molecule has 1 fully saturated rings. The number of hydrogen-bond donors (Lipinski definition) is 0. The Bertz CT molecular complexity index is 715. The molecule has 2 rings (SSSR count). The molecule has 0 aromatic heterocycles. The van der Waals surface area contributed by atoms with Crippen LogP contribution >= 0.6 is 0 Å². The Morgan fingerprint density at radius 1 is 1.00 bits per heavy atom. The minimum Gasteiger partial charge on any atom is -0.488 e. The van der Waals surface area contributed by atoms with E-state index in [0.29, 0.717) is 29.4 Å². The highest BCUT2D eigenvalue weighted by molar-refractivity contribution is 5.57. The molecule has 0 heterocycles. The van der Waals surface area contributed by atoms with E-state index >= 15 is 0 Å². The van der Waals surface area contributed by atoms with Gasteiger partial charge in [0.2, 0.25) is 0 Å². The SMILES string of the molecule is CCCCCc1ccc(OC/C=C/[C@H]2CC[C@H](CCC)CC2)c(C#N)c1C#N. The van der Waals surface area contributed by atoms with Gasteiger partial charge in [0.05, 0.1) is 5.56 Å². The van der Waals surface area contributed by atoms with Crippen molar-refractivity contribution >= 4 is 0 Å². The average molecular weight is 379 g/mol. The maximum atomic E-state index is 9.56. The zero-order valence-corrected chi connectivity index (χ0v) is 17.5. The van der Waals surface area contributed by atoms with Gasteiger partial charge in [-0.1, -0.05) is 57.7 Å².